The number of rotatable bonds is 53. The Kier molecular flexibility index (Phi) is 51.3. The summed E-state index contributed by atoms with van der Waals surface area (Å²) in [6.07, 6.45) is 63.3. The molecule has 12 nitrogen and oxygen atoms in total. The van der Waals surface area contributed by atoms with E-state index in [9.17, 15) is 34.5 Å². The number of allylic oxidation sites excluding steroid dienone is 18. The highest BCUT2D eigenvalue weighted by atomic mass is 16.7. The van der Waals surface area contributed by atoms with Crippen LogP contribution in [0.25, 0.3) is 0 Å². The molecule has 1 aliphatic heterocycles. The number of aliphatic hydroxyl groups is 2. The number of carbonyl (C=O) groups is 4. The van der Waals surface area contributed by atoms with Crippen LogP contribution in [0.5, 0.6) is 0 Å². The Morgan fingerprint density at radius 2 is 0.778 bits per heavy atom. The topological polar surface area (TPSA) is 175 Å². The minimum absolute atomic E-state index is 0.00111. The van der Waals surface area contributed by atoms with Crippen LogP contribution in [0.1, 0.15) is 252 Å². The number of hydrogen-bond acceptors (Lipinski definition) is 11. The highest BCUT2D eigenvalue weighted by Gasteiger charge is 2.50. The van der Waals surface area contributed by atoms with Gasteiger partial charge in [-0.3, -0.25) is 14.4 Å². The van der Waals surface area contributed by atoms with E-state index in [1.165, 1.54) is 44.9 Å². The van der Waals surface area contributed by atoms with Crippen LogP contribution in [-0.4, -0.2) is 89.2 Å². The van der Waals surface area contributed by atoms with Crippen LogP contribution in [-0.2, 0) is 42.9 Å². The standard InChI is InChI=1S/C69H112O12/c1-4-7-10-13-16-19-22-25-28-30-31-33-35-37-40-43-46-49-52-55-61(70)77-58-60(79-62(71)56-53-50-47-44-41-39-36-32-29-26-23-20-17-14-11-8-5-2)59-78-69-67(65(74)64(73)66(81-69)68(75)76)80-63(72)57-54-51-48-45-42-38-34-27-24-21-18-15-12-9-6-3/h9,12,16-21,25-29,31,33-34,42,45,60,64-67,69,73-74H,4-8,10-11,13-15,22-24,30,32,35-41,43-44,46-59H2,1-3H3,(H,75,76)/b12-9-,19-16-,20-17-,21-18-,28-25-,29-26-,33-31-,34-27-,45-42-. The van der Waals surface area contributed by atoms with Gasteiger partial charge in [-0.05, 0) is 128 Å². The molecule has 1 rings (SSSR count). The van der Waals surface area contributed by atoms with Gasteiger partial charge in [0.15, 0.2) is 24.6 Å². The number of carbonyl (C=O) groups excluding carboxylic acids is 3. The number of aliphatic carboxylic acids is 1. The second-order valence-corrected chi connectivity index (χ2v) is 21.3. The van der Waals surface area contributed by atoms with Crippen molar-refractivity contribution in [3.63, 3.8) is 0 Å². The maximum absolute atomic E-state index is 13.2. The molecule has 0 radical (unpaired) electrons. The van der Waals surface area contributed by atoms with Crippen molar-refractivity contribution in [1.82, 2.24) is 0 Å². The fourth-order valence-corrected chi connectivity index (χ4v) is 8.92. The molecule has 0 amide bonds. The lowest BCUT2D eigenvalue weighted by Gasteiger charge is -2.40. The molecule has 1 aliphatic rings. The molecule has 6 atom stereocenters. The number of carboxylic acid groups (broad SMARTS) is 1. The molecule has 1 saturated heterocycles. The van der Waals surface area contributed by atoms with Crippen molar-refractivity contribution < 1.29 is 58.2 Å². The van der Waals surface area contributed by atoms with Gasteiger partial charge >= 0.3 is 23.9 Å². The predicted octanol–water partition coefficient (Wildman–Crippen LogP) is 17.0. The minimum atomic E-state index is -1.93. The van der Waals surface area contributed by atoms with E-state index in [-0.39, 0.29) is 25.9 Å². The Labute approximate surface area is 491 Å². The van der Waals surface area contributed by atoms with Gasteiger partial charge in [-0.15, -0.1) is 0 Å². The fraction of sp³-hybridized carbons (Fsp3) is 0.681. The summed E-state index contributed by atoms with van der Waals surface area (Å²) in [6, 6.07) is 0. The van der Waals surface area contributed by atoms with Crippen LogP contribution in [0.2, 0.25) is 0 Å². The first kappa shape index (κ1) is 74.4. The van der Waals surface area contributed by atoms with E-state index in [2.05, 4.69) is 130 Å². The van der Waals surface area contributed by atoms with Crippen molar-refractivity contribution in [2.75, 3.05) is 13.2 Å². The molecule has 3 N–H and O–H groups in total. The third-order valence-electron chi connectivity index (χ3n) is 13.8. The summed E-state index contributed by atoms with van der Waals surface area (Å²) < 4.78 is 28.4. The van der Waals surface area contributed by atoms with Crippen LogP contribution in [0, 0.1) is 0 Å². The van der Waals surface area contributed by atoms with Crippen LogP contribution in [0.4, 0.5) is 0 Å². The van der Waals surface area contributed by atoms with Gasteiger partial charge in [0, 0.05) is 19.3 Å². The summed E-state index contributed by atoms with van der Waals surface area (Å²) in [5.41, 5.74) is 0. The number of esters is 3. The first-order valence-corrected chi connectivity index (χ1v) is 31.9. The largest absolute Gasteiger partial charge is 0.479 e. The number of ether oxygens (including phenoxy) is 5. The predicted molar refractivity (Wildman–Crippen MR) is 330 cm³/mol. The van der Waals surface area contributed by atoms with Crippen LogP contribution < -0.4 is 0 Å². The fourth-order valence-electron chi connectivity index (χ4n) is 8.92. The van der Waals surface area contributed by atoms with Crippen molar-refractivity contribution in [3.8, 4) is 0 Å². The number of aliphatic hydroxyl groups excluding tert-OH is 2. The molecule has 0 aromatic heterocycles. The lowest BCUT2D eigenvalue weighted by molar-refractivity contribution is -0.301. The van der Waals surface area contributed by atoms with E-state index < -0.39 is 67.3 Å². The molecular weight excluding hydrogens is 1020 g/mol. The van der Waals surface area contributed by atoms with E-state index in [4.69, 9.17) is 23.7 Å². The van der Waals surface area contributed by atoms with Gasteiger partial charge in [0.05, 0.1) is 6.61 Å². The third kappa shape index (κ3) is 45.6. The molecule has 0 aliphatic carbocycles. The average molecular weight is 1130 g/mol. The number of carboxylic acids is 1. The van der Waals surface area contributed by atoms with Crippen LogP contribution in [0.3, 0.4) is 0 Å². The van der Waals surface area contributed by atoms with Crippen molar-refractivity contribution in [3.05, 3.63) is 109 Å². The van der Waals surface area contributed by atoms with Gasteiger partial charge in [-0.25, -0.2) is 4.79 Å². The second kappa shape index (κ2) is 55.9. The van der Waals surface area contributed by atoms with Gasteiger partial charge in [-0.2, -0.15) is 0 Å². The first-order valence-electron chi connectivity index (χ1n) is 31.9. The maximum Gasteiger partial charge on any atom is 0.335 e. The van der Waals surface area contributed by atoms with Gasteiger partial charge in [0.25, 0.3) is 0 Å². The highest BCUT2D eigenvalue weighted by Crippen LogP contribution is 2.26. The molecule has 0 spiro atoms. The molecular formula is C69H112O12. The molecule has 81 heavy (non-hydrogen) atoms. The summed E-state index contributed by atoms with van der Waals surface area (Å²) in [7, 11) is 0. The average Bonchev–Trinajstić information content (AvgIpc) is 3.53. The van der Waals surface area contributed by atoms with E-state index in [1.807, 2.05) is 0 Å². The summed E-state index contributed by atoms with van der Waals surface area (Å²) in [5, 5.41) is 31.5. The second-order valence-electron chi connectivity index (χ2n) is 21.3. The highest BCUT2D eigenvalue weighted by molar-refractivity contribution is 5.74. The molecule has 0 aromatic rings. The smallest absolute Gasteiger partial charge is 0.335 e. The van der Waals surface area contributed by atoms with Gasteiger partial charge < -0.3 is 39.0 Å². The molecule has 0 saturated carbocycles. The molecule has 12 heteroatoms. The summed E-state index contributed by atoms with van der Waals surface area (Å²) in [5.74, 6) is -3.21. The molecule has 460 valence electrons. The van der Waals surface area contributed by atoms with E-state index in [0.717, 1.165) is 141 Å². The molecule has 0 bridgehead atoms. The molecule has 1 heterocycles. The zero-order valence-corrected chi connectivity index (χ0v) is 50.7. The van der Waals surface area contributed by atoms with Crippen LogP contribution in [0.15, 0.2) is 109 Å². The number of hydrogen-bond donors (Lipinski definition) is 3. The monoisotopic (exact) mass is 1130 g/mol. The molecule has 0 aromatic carbocycles. The zero-order valence-electron chi connectivity index (χ0n) is 50.7. The van der Waals surface area contributed by atoms with Crippen molar-refractivity contribution in [2.24, 2.45) is 0 Å². The zero-order chi connectivity index (χ0) is 58.9. The molecule has 1 fully saturated rings. The van der Waals surface area contributed by atoms with E-state index in [1.54, 1.807) is 0 Å². The Bertz CT molecular complexity index is 1820. The van der Waals surface area contributed by atoms with Gasteiger partial charge in [-0.1, -0.05) is 214 Å². The van der Waals surface area contributed by atoms with Gasteiger partial charge in [0.1, 0.15) is 18.8 Å². The quantitative estimate of drug-likeness (QED) is 0.0228. The normalized spacial score (nSPS) is 18.5. The summed E-state index contributed by atoms with van der Waals surface area (Å²) in [4.78, 5) is 51.3. The van der Waals surface area contributed by atoms with Gasteiger partial charge in [0.2, 0.25) is 0 Å². The summed E-state index contributed by atoms with van der Waals surface area (Å²) in [6.45, 7) is 5.80. The lowest BCUT2D eigenvalue weighted by atomic mass is 9.98. The third-order valence-corrected chi connectivity index (χ3v) is 13.8. The Morgan fingerprint density at radius 3 is 1.21 bits per heavy atom. The maximum atomic E-state index is 13.2. The Hall–Kier alpha value is -4.62. The van der Waals surface area contributed by atoms with Crippen molar-refractivity contribution in [1.29, 1.82) is 0 Å². The van der Waals surface area contributed by atoms with E-state index in [0.29, 0.717) is 25.7 Å². The van der Waals surface area contributed by atoms with Crippen molar-refractivity contribution in [2.45, 2.75) is 289 Å². The Balaban J connectivity index is 2.71. The van der Waals surface area contributed by atoms with Crippen LogP contribution >= 0.6 is 0 Å². The first-order chi connectivity index (χ1) is 39.6. The number of unbranched alkanes of at least 4 members (excludes halogenated alkanes) is 21. The Morgan fingerprint density at radius 1 is 0.420 bits per heavy atom. The lowest BCUT2D eigenvalue weighted by Crippen LogP contribution is -2.61. The summed E-state index contributed by atoms with van der Waals surface area (Å²) >= 11 is 0. The van der Waals surface area contributed by atoms with Crippen molar-refractivity contribution >= 4 is 23.9 Å². The SMILES string of the molecule is CC/C=C\C/C=C\C/C=C\C/C=C\CCCCC(=O)OC1C(OCC(COC(=O)CCCCCCCC/C=C\C/C=C\C/C=C\CCCCC)OC(=O)CCCCCCCCC/C=C\C/C=C\CCCCC)OC(C(=O)O)C(O)C1O. The molecule has 6 unspecified atom stereocenters. The minimum Gasteiger partial charge on any atom is -0.479 e. The van der Waals surface area contributed by atoms with E-state index >= 15 is 0 Å².